The minimum atomic E-state index is -0.309. The molecule has 0 aliphatic heterocycles. The summed E-state index contributed by atoms with van der Waals surface area (Å²) in [7, 11) is 3.68. The monoisotopic (exact) mass is 493 g/mol. The normalized spacial score (nSPS) is 22.8. The van der Waals surface area contributed by atoms with Crippen LogP contribution in [0.2, 0.25) is 5.02 Å². The molecule has 0 saturated heterocycles. The van der Waals surface area contributed by atoms with Crippen molar-refractivity contribution in [3.05, 3.63) is 53.2 Å². The third-order valence-electron chi connectivity index (χ3n) is 6.99. The largest absolute Gasteiger partial charge is 0.378 e. The molecule has 0 spiro atoms. The van der Waals surface area contributed by atoms with Crippen molar-refractivity contribution in [2.24, 2.45) is 23.5 Å². The molecule has 0 unspecified atom stereocenters. The van der Waals surface area contributed by atoms with Gasteiger partial charge in [0.05, 0.1) is 22.8 Å². The number of nitrogens with two attached hydrogens (primary N) is 1. The maximum absolute atomic E-state index is 12.8. The van der Waals surface area contributed by atoms with Crippen LogP contribution in [-0.4, -0.2) is 63.5 Å². The Hall–Kier alpha value is -3.43. The van der Waals surface area contributed by atoms with E-state index in [-0.39, 0.29) is 35.6 Å². The zero-order valence-electron chi connectivity index (χ0n) is 19.8. The fraction of sp³-hybridized carbons (Fsp3) is 0.360. The van der Waals surface area contributed by atoms with Crippen LogP contribution in [0, 0.1) is 17.8 Å². The number of carbonyl (C=O) groups excluding carboxylic acids is 2. The average molecular weight is 494 g/mol. The van der Waals surface area contributed by atoms with Crippen LogP contribution in [0.3, 0.4) is 0 Å². The Morgan fingerprint density at radius 1 is 1.20 bits per heavy atom. The molecule has 2 aliphatic rings. The molecule has 4 N–H and O–H groups in total. The number of fused-ring (bicyclic) bond motifs is 3. The second kappa shape index (κ2) is 8.98. The fourth-order valence-electron chi connectivity index (χ4n) is 5.31. The topological polar surface area (TPSA) is 120 Å². The van der Waals surface area contributed by atoms with Crippen LogP contribution in [0.25, 0.3) is 22.6 Å². The van der Waals surface area contributed by atoms with Gasteiger partial charge in [0.25, 0.3) is 5.91 Å². The number of primary amides is 1. The molecule has 182 valence electrons. The third-order valence-corrected chi connectivity index (χ3v) is 7.28. The molecule has 2 aliphatic carbocycles. The summed E-state index contributed by atoms with van der Waals surface area (Å²) in [6, 6.07) is 7.14. The van der Waals surface area contributed by atoms with E-state index in [0.29, 0.717) is 39.8 Å². The first kappa shape index (κ1) is 23.3. The lowest BCUT2D eigenvalue weighted by Gasteiger charge is -2.28. The van der Waals surface area contributed by atoms with Gasteiger partial charge in [0.2, 0.25) is 5.91 Å². The van der Waals surface area contributed by atoms with Crippen molar-refractivity contribution >= 4 is 40.3 Å². The van der Waals surface area contributed by atoms with Crippen molar-refractivity contribution in [2.45, 2.75) is 19.4 Å². The number of imidazole rings is 1. The number of nitrogens with zero attached hydrogens (tertiary/aromatic N) is 4. The van der Waals surface area contributed by atoms with Crippen LogP contribution < -0.4 is 11.1 Å². The van der Waals surface area contributed by atoms with E-state index in [0.717, 1.165) is 12.0 Å². The predicted molar refractivity (Wildman–Crippen MR) is 136 cm³/mol. The summed E-state index contributed by atoms with van der Waals surface area (Å²) in [6.07, 6.45) is 6.69. The summed E-state index contributed by atoms with van der Waals surface area (Å²) < 4.78 is 0. The van der Waals surface area contributed by atoms with Crippen LogP contribution in [0.1, 0.15) is 23.7 Å². The van der Waals surface area contributed by atoms with Crippen LogP contribution in [0.5, 0.6) is 0 Å². The maximum atomic E-state index is 12.8. The van der Waals surface area contributed by atoms with Crippen molar-refractivity contribution in [1.29, 1.82) is 0 Å². The minimum absolute atomic E-state index is 0.0718. The van der Waals surface area contributed by atoms with Gasteiger partial charge in [0.15, 0.2) is 5.65 Å². The molecule has 1 aromatic carbocycles. The summed E-state index contributed by atoms with van der Waals surface area (Å²) in [6.45, 7) is 2.51. The van der Waals surface area contributed by atoms with Gasteiger partial charge < -0.3 is 16.0 Å². The predicted octanol–water partition coefficient (Wildman–Crippen LogP) is 3.30. The molecule has 2 bridgehead atoms. The molecule has 5 rings (SSSR count). The Morgan fingerprint density at radius 2 is 1.91 bits per heavy atom. The highest BCUT2D eigenvalue weighted by atomic mass is 35.5. The molecule has 3 aromatic rings. The van der Waals surface area contributed by atoms with Crippen LogP contribution in [0.4, 0.5) is 5.69 Å². The van der Waals surface area contributed by atoms with Crippen molar-refractivity contribution in [3.8, 4) is 11.4 Å². The highest BCUT2D eigenvalue weighted by molar-refractivity contribution is 6.34. The summed E-state index contributed by atoms with van der Waals surface area (Å²) >= 11 is 6.54. The molecule has 10 heteroatoms. The van der Waals surface area contributed by atoms with Crippen molar-refractivity contribution in [1.82, 2.24) is 25.0 Å². The standard InChI is InChI=1S/C25H28ClN7O2/c1-4-33(32(2)3)25(35)14-7-5-13(6-8-14)23-30-21-20(17(26)12-28-24(21)31-23)29-19-16-10-9-15(11-16)18(19)22(27)34/h5-10,12,15-16,18-19H,4,11H2,1-3H3,(H2,27,34)(H2,28,29,30,31)/t15-,16+,18+,19-/m1/s1. The van der Waals surface area contributed by atoms with Crippen molar-refractivity contribution in [3.63, 3.8) is 0 Å². The van der Waals surface area contributed by atoms with E-state index < -0.39 is 0 Å². The number of aromatic nitrogens is 3. The highest BCUT2D eigenvalue weighted by Crippen LogP contribution is 2.46. The van der Waals surface area contributed by atoms with Crippen LogP contribution in [0.15, 0.2) is 42.6 Å². The SMILES string of the molecule is CCN(C(=O)c1ccc(-c2nc3ncc(Cl)c(N[C@H]4[C@@H](C(N)=O)[C@@H]5C=C[C@H]4C5)c3[nH]2)cc1)N(C)C. The number of hydrogen-bond acceptors (Lipinski definition) is 6. The number of allylic oxidation sites excluding steroid dienone is 1. The van der Waals surface area contributed by atoms with Crippen molar-refractivity contribution < 1.29 is 9.59 Å². The Kier molecular flexibility index (Phi) is 5.98. The quantitative estimate of drug-likeness (QED) is 0.343. The van der Waals surface area contributed by atoms with Gasteiger partial charge >= 0.3 is 0 Å². The van der Waals surface area contributed by atoms with Gasteiger partial charge in [-0.15, -0.1) is 0 Å². The number of benzene rings is 1. The zero-order chi connectivity index (χ0) is 24.9. The van der Waals surface area contributed by atoms with Gasteiger partial charge in [0, 0.05) is 37.8 Å². The average Bonchev–Trinajstić information content (AvgIpc) is 3.56. The number of H-pyrrole nitrogens is 1. The van der Waals surface area contributed by atoms with E-state index in [1.807, 2.05) is 33.2 Å². The number of anilines is 1. The van der Waals surface area contributed by atoms with Gasteiger partial charge in [-0.05, 0) is 37.3 Å². The van der Waals surface area contributed by atoms with E-state index in [1.165, 1.54) is 0 Å². The summed E-state index contributed by atoms with van der Waals surface area (Å²) in [5.41, 5.74) is 8.95. The van der Waals surface area contributed by atoms with E-state index in [1.54, 1.807) is 28.3 Å². The number of pyridine rings is 1. The Bertz CT molecular complexity index is 1320. The smallest absolute Gasteiger partial charge is 0.268 e. The summed E-state index contributed by atoms with van der Waals surface area (Å²) in [4.78, 5) is 37.3. The minimum Gasteiger partial charge on any atom is -0.378 e. The number of halogens is 1. The molecular weight excluding hydrogens is 466 g/mol. The Labute approximate surface area is 208 Å². The van der Waals surface area contributed by atoms with Crippen LogP contribution in [-0.2, 0) is 4.79 Å². The number of amides is 2. The highest BCUT2D eigenvalue weighted by Gasteiger charge is 2.47. The van der Waals surface area contributed by atoms with E-state index in [9.17, 15) is 9.59 Å². The van der Waals surface area contributed by atoms with E-state index in [4.69, 9.17) is 17.3 Å². The van der Waals surface area contributed by atoms with E-state index in [2.05, 4.69) is 32.4 Å². The summed E-state index contributed by atoms with van der Waals surface area (Å²) in [5, 5.41) is 7.35. The third kappa shape index (κ3) is 4.04. The van der Waals surface area contributed by atoms with Gasteiger partial charge in [0.1, 0.15) is 11.3 Å². The van der Waals surface area contributed by atoms with Gasteiger partial charge in [-0.2, -0.15) is 0 Å². The molecule has 0 radical (unpaired) electrons. The number of hydrazine groups is 1. The molecule has 2 amide bonds. The first-order chi connectivity index (χ1) is 16.8. The number of carbonyl (C=O) groups is 2. The lowest BCUT2D eigenvalue weighted by atomic mass is 9.88. The van der Waals surface area contributed by atoms with Gasteiger partial charge in [-0.25, -0.2) is 15.0 Å². The lowest BCUT2D eigenvalue weighted by molar-refractivity contribution is -0.122. The molecule has 4 atom stereocenters. The first-order valence-electron chi connectivity index (χ1n) is 11.7. The molecule has 2 heterocycles. The molecular formula is C25H28ClN7O2. The number of aromatic amines is 1. The Morgan fingerprint density at radius 3 is 2.57 bits per heavy atom. The van der Waals surface area contributed by atoms with Gasteiger partial charge in [-0.1, -0.05) is 35.9 Å². The second-order valence-electron chi connectivity index (χ2n) is 9.26. The number of nitrogens with one attached hydrogen (secondary N) is 2. The lowest BCUT2D eigenvalue weighted by Crippen LogP contribution is -2.41. The summed E-state index contributed by atoms with van der Waals surface area (Å²) in [5.74, 6) is 0.307. The zero-order valence-corrected chi connectivity index (χ0v) is 20.6. The molecule has 1 saturated carbocycles. The van der Waals surface area contributed by atoms with Crippen LogP contribution >= 0.6 is 11.6 Å². The molecule has 1 fully saturated rings. The van der Waals surface area contributed by atoms with E-state index >= 15 is 0 Å². The molecule has 2 aromatic heterocycles. The maximum Gasteiger partial charge on any atom is 0.268 e. The number of rotatable bonds is 7. The van der Waals surface area contributed by atoms with Gasteiger partial charge in [-0.3, -0.25) is 14.6 Å². The van der Waals surface area contributed by atoms with Crippen molar-refractivity contribution in [2.75, 3.05) is 26.0 Å². The molecule has 35 heavy (non-hydrogen) atoms. The Balaban J connectivity index is 1.45. The second-order valence-corrected chi connectivity index (χ2v) is 9.66. The fourth-order valence-corrected chi connectivity index (χ4v) is 5.51. The number of hydrogen-bond donors (Lipinski definition) is 3. The molecule has 9 nitrogen and oxygen atoms in total. The first-order valence-corrected chi connectivity index (χ1v) is 12.0.